The summed E-state index contributed by atoms with van der Waals surface area (Å²) in [5, 5.41) is 5.64. The van der Waals surface area contributed by atoms with Crippen LogP contribution in [-0.2, 0) is 57.4 Å². The Morgan fingerprint density at radius 2 is 0.893 bits per heavy atom. The van der Waals surface area contributed by atoms with Gasteiger partial charge in [-0.3, -0.25) is 0 Å². The van der Waals surface area contributed by atoms with Crippen LogP contribution in [0.25, 0.3) is 43.8 Å². The first-order valence-electron chi connectivity index (χ1n) is 20.9. The Kier molecular flexibility index (Phi) is 20.1. The summed E-state index contributed by atoms with van der Waals surface area (Å²) in [5.74, 6) is 0. The summed E-state index contributed by atoms with van der Waals surface area (Å²) >= 11 is -0.826. The van der Waals surface area contributed by atoms with Gasteiger partial charge in [0.15, 0.2) is 0 Å². The van der Waals surface area contributed by atoms with E-state index in [1.165, 1.54) is 116 Å². The summed E-state index contributed by atoms with van der Waals surface area (Å²) in [6.07, 6.45) is 9.54. The molecule has 0 fully saturated rings. The molecule has 0 aromatic heterocycles. The fraction of sp³-hybridized carbons (Fsp3) is 0.423. The summed E-state index contributed by atoms with van der Waals surface area (Å²) in [4.78, 5) is 0. The van der Waals surface area contributed by atoms with Crippen LogP contribution in [0.4, 0.5) is 0 Å². The van der Waals surface area contributed by atoms with Gasteiger partial charge in [-0.25, -0.2) is 0 Å². The summed E-state index contributed by atoms with van der Waals surface area (Å²) in [6, 6.07) is 36.9. The van der Waals surface area contributed by atoms with Gasteiger partial charge >= 0.3 is 37.9 Å². The molecule has 6 rings (SSSR count). The van der Waals surface area contributed by atoms with Gasteiger partial charge in [0.1, 0.15) is 0 Å². The van der Waals surface area contributed by atoms with E-state index in [9.17, 15) is 0 Å². The molecule has 0 bridgehead atoms. The molecule has 56 heavy (non-hydrogen) atoms. The minimum atomic E-state index is -0.826. The molecule has 0 aliphatic rings. The molecule has 0 spiro atoms. The van der Waals surface area contributed by atoms with Crippen molar-refractivity contribution in [2.45, 2.75) is 145 Å². The maximum atomic E-state index is 4.93. The van der Waals surface area contributed by atoms with E-state index in [0.29, 0.717) is 0 Å². The van der Waals surface area contributed by atoms with E-state index in [-0.39, 0.29) is 10.8 Å². The van der Waals surface area contributed by atoms with Gasteiger partial charge < -0.3 is 0 Å². The number of halogens is 2. The second kappa shape index (κ2) is 23.4. The third-order valence-corrected chi connectivity index (χ3v) is 10.5. The van der Waals surface area contributed by atoms with Crippen molar-refractivity contribution in [1.82, 2.24) is 0 Å². The van der Waals surface area contributed by atoms with E-state index in [0.717, 1.165) is 22.4 Å². The zero-order chi connectivity index (χ0) is 41.5. The van der Waals surface area contributed by atoms with Crippen LogP contribution >= 0.6 is 17.0 Å². The molecule has 0 atom stereocenters. The number of aryl methyl sites for hydroxylation is 4. The summed E-state index contributed by atoms with van der Waals surface area (Å²) in [6.45, 7) is 27.3. The number of hydrogen-bond donors (Lipinski definition) is 0. The van der Waals surface area contributed by atoms with E-state index >= 15 is 0 Å². The van der Waals surface area contributed by atoms with Crippen LogP contribution in [0.5, 0.6) is 0 Å². The normalized spacial score (nSPS) is 11.2. The third-order valence-electron chi connectivity index (χ3n) is 10.5. The molecule has 0 aliphatic heterocycles. The predicted molar refractivity (Wildman–Crippen MR) is 253 cm³/mol. The van der Waals surface area contributed by atoms with Crippen LogP contribution in [0.3, 0.4) is 0 Å². The fourth-order valence-electron chi connectivity index (χ4n) is 7.71. The molecular weight excluding hydrogens is 815 g/mol. The summed E-state index contributed by atoms with van der Waals surface area (Å²) in [7, 11) is 11.0. The van der Waals surface area contributed by atoms with Crippen molar-refractivity contribution >= 4 is 48.1 Å². The first-order chi connectivity index (χ1) is 26.7. The van der Waals surface area contributed by atoms with Gasteiger partial charge in [0.05, 0.1) is 0 Å². The molecule has 0 saturated heterocycles. The molecule has 0 heterocycles. The Labute approximate surface area is 363 Å². The van der Waals surface area contributed by atoms with Crippen LogP contribution in [0.2, 0.25) is 13.1 Å². The quantitative estimate of drug-likeness (QED) is 0.0950. The van der Waals surface area contributed by atoms with Crippen molar-refractivity contribution in [2.24, 2.45) is 0 Å². The van der Waals surface area contributed by atoms with E-state index < -0.39 is 20.8 Å². The zero-order valence-electron chi connectivity index (χ0n) is 36.7. The Bertz CT molecular complexity index is 1920. The average Bonchev–Trinajstić information content (AvgIpc) is 3.79. The first kappa shape index (κ1) is 48.2. The third kappa shape index (κ3) is 12.9. The molecule has 6 aromatic carbocycles. The van der Waals surface area contributed by atoms with E-state index in [1.54, 1.807) is 0 Å². The molecule has 0 nitrogen and oxygen atoms in total. The van der Waals surface area contributed by atoms with Gasteiger partial charge in [-0.05, 0) is 58.8 Å². The molecule has 298 valence electrons. The standard InChI is InChI=1S/2C25H31.C2H6Si.2ClH.Zr/c2*1-6-8-11-18-16-20-14-15-23(25(3,4)5)24(22(20)17-18)21-13-10-9-12-19(21)7-2;1-3-2;;;/h2*9-10,12-17H,6-8,11H2,1-5H3;1-2H3;2*1H;/q2*-1;;;;+4/p-2. The van der Waals surface area contributed by atoms with Crippen molar-refractivity contribution < 1.29 is 20.8 Å². The molecule has 0 aliphatic carbocycles. The average molecular weight is 883 g/mol. The van der Waals surface area contributed by atoms with Gasteiger partial charge in [0.2, 0.25) is 0 Å². The molecule has 0 amide bonds. The SMILES string of the molecule is CCCCc1cc2c(-c3ccccc3CC)c(C(C)(C)C)ccc2[cH-]1.CCCCc1cc2c(-c3ccccc3CC)c(C(C)(C)C)ccc2[cH-]1.C[Si]C.[Cl][Zr+2][Cl]. The van der Waals surface area contributed by atoms with Crippen molar-refractivity contribution in [1.29, 1.82) is 0 Å². The van der Waals surface area contributed by atoms with Crippen LogP contribution in [0.15, 0.2) is 97.1 Å². The van der Waals surface area contributed by atoms with Crippen LogP contribution in [0, 0.1) is 0 Å². The molecule has 0 N–H and O–H groups in total. The first-order valence-corrected chi connectivity index (χ1v) is 29.2. The molecule has 2 radical (unpaired) electrons. The minimum absolute atomic E-state index is 0.130. The van der Waals surface area contributed by atoms with E-state index in [2.05, 4.69) is 179 Å². The van der Waals surface area contributed by atoms with Crippen molar-refractivity contribution in [3.05, 3.63) is 130 Å². The van der Waals surface area contributed by atoms with Gasteiger partial charge in [-0.1, -0.05) is 179 Å². The van der Waals surface area contributed by atoms with Crippen LogP contribution < -0.4 is 0 Å². The Morgan fingerprint density at radius 3 is 1.20 bits per heavy atom. The van der Waals surface area contributed by atoms with Crippen molar-refractivity contribution in [3.8, 4) is 22.3 Å². The second-order valence-corrected chi connectivity index (χ2v) is 21.7. The topological polar surface area (TPSA) is 0 Å². The summed E-state index contributed by atoms with van der Waals surface area (Å²) < 4.78 is 0. The van der Waals surface area contributed by atoms with Crippen LogP contribution in [-0.4, -0.2) is 9.52 Å². The molecular formula is C52H68Cl2SiZr. The number of hydrogen-bond acceptors (Lipinski definition) is 0. The Hall–Kier alpha value is -2.22. The Balaban J connectivity index is 0.000000264. The van der Waals surface area contributed by atoms with Crippen molar-refractivity contribution in [2.75, 3.05) is 0 Å². The van der Waals surface area contributed by atoms with Gasteiger partial charge in [-0.15, -0.1) is 69.1 Å². The van der Waals surface area contributed by atoms with Gasteiger partial charge in [-0.2, -0.15) is 12.1 Å². The number of rotatable bonds is 10. The monoisotopic (exact) mass is 880 g/mol. The fourth-order valence-corrected chi connectivity index (χ4v) is 7.71. The number of unbranched alkanes of at least 4 members (excludes halogenated alkanes) is 2. The second-order valence-electron chi connectivity index (χ2n) is 17.0. The molecule has 0 unspecified atom stereocenters. The number of benzene rings is 4. The van der Waals surface area contributed by atoms with Gasteiger partial charge in [0, 0.05) is 9.52 Å². The van der Waals surface area contributed by atoms with Crippen molar-refractivity contribution in [3.63, 3.8) is 0 Å². The predicted octanol–water partition coefficient (Wildman–Crippen LogP) is 17.0. The maximum absolute atomic E-state index is 4.93. The molecule has 6 aromatic rings. The van der Waals surface area contributed by atoms with E-state index in [4.69, 9.17) is 17.0 Å². The van der Waals surface area contributed by atoms with E-state index in [1.807, 2.05) is 0 Å². The van der Waals surface area contributed by atoms with Crippen LogP contribution in [0.1, 0.15) is 128 Å². The molecule has 0 saturated carbocycles. The molecule has 4 heteroatoms. The summed E-state index contributed by atoms with van der Waals surface area (Å²) in [5.41, 5.74) is 14.7. The number of fused-ring (bicyclic) bond motifs is 2. The Morgan fingerprint density at radius 1 is 0.554 bits per heavy atom. The van der Waals surface area contributed by atoms with Gasteiger partial charge in [0.25, 0.3) is 0 Å². The zero-order valence-corrected chi connectivity index (χ0v) is 41.6.